The third-order valence-electron chi connectivity index (χ3n) is 5.10. The van der Waals surface area contributed by atoms with E-state index in [1.165, 1.54) is 0 Å². The molecule has 28 heavy (non-hydrogen) atoms. The Kier molecular flexibility index (Phi) is 9.79. The number of hydrogen-bond acceptors (Lipinski definition) is 4. The monoisotopic (exact) mass is 389 g/mol. The number of benzene rings is 1. The van der Waals surface area contributed by atoms with Gasteiger partial charge in [-0.15, -0.1) is 0 Å². The highest BCUT2D eigenvalue weighted by Crippen LogP contribution is 2.10. The largest absolute Gasteiger partial charge is 0.385 e. The number of aliphatic imine (C=N–C) groups is 1. The summed E-state index contributed by atoms with van der Waals surface area (Å²) < 4.78 is 5.13. The molecule has 156 valence electrons. The van der Waals surface area contributed by atoms with Crippen LogP contribution in [0.15, 0.2) is 29.3 Å². The lowest BCUT2D eigenvalue weighted by atomic mass is 10.1. The normalized spacial score (nSPS) is 16.0. The quantitative estimate of drug-likeness (QED) is 0.337. The van der Waals surface area contributed by atoms with Crippen molar-refractivity contribution in [2.75, 3.05) is 54.0 Å². The molecule has 1 aromatic rings. The van der Waals surface area contributed by atoms with E-state index in [1.807, 2.05) is 24.3 Å². The number of hydrogen-bond donors (Lipinski definition) is 3. The summed E-state index contributed by atoms with van der Waals surface area (Å²) >= 11 is 0. The molecule has 0 atom stereocenters. The highest BCUT2D eigenvalue weighted by Gasteiger charge is 2.19. The lowest BCUT2D eigenvalue weighted by molar-refractivity contribution is 0.0963. The van der Waals surface area contributed by atoms with Gasteiger partial charge in [0.2, 0.25) is 0 Å². The Morgan fingerprint density at radius 2 is 2.11 bits per heavy atom. The fourth-order valence-corrected chi connectivity index (χ4v) is 3.46. The number of nitrogens with one attached hydrogen (secondary N) is 3. The maximum Gasteiger partial charge on any atom is 0.251 e. The van der Waals surface area contributed by atoms with Crippen LogP contribution in [-0.2, 0) is 11.2 Å². The van der Waals surface area contributed by atoms with Gasteiger partial charge in [-0.05, 0) is 43.4 Å². The van der Waals surface area contributed by atoms with Crippen LogP contribution in [0, 0.1) is 0 Å². The molecule has 0 radical (unpaired) electrons. The molecule has 1 heterocycles. The third kappa shape index (κ3) is 7.48. The van der Waals surface area contributed by atoms with Gasteiger partial charge in [0, 0.05) is 65.6 Å². The van der Waals surface area contributed by atoms with Crippen molar-refractivity contribution in [3.63, 3.8) is 0 Å². The molecule has 1 fully saturated rings. The molecule has 0 saturated carbocycles. The lowest BCUT2D eigenvalue weighted by Gasteiger charge is -2.33. The molecule has 7 nitrogen and oxygen atoms in total. The first-order valence-corrected chi connectivity index (χ1v) is 10.2. The first-order chi connectivity index (χ1) is 13.7. The molecule has 1 aromatic carbocycles. The Labute approximate surface area is 168 Å². The third-order valence-corrected chi connectivity index (χ3v) is 5.10. The van der Waals surface area contributed by atoms with Crippen LogP contribution in [0.5, 0.6) is 0 Å². The summed E-state index contributed by atoms with van der Waals surface area (Å²) in [6, 6.07) is 8.20. The minimum Gasteiger partial charge on any atom is -0.385 e. The van der Waals surface area contributed by atoms with Gasteiger partial charge in [-0.3, -0.25) is 9.79 Å². The van der Waals surface area contributed by atoms with Crippen molar-refractivity contribution in [1.29, 1.82) is 0 Å². The molecule has 3 N–H and O–H groups in total. The molecule has 2 rings (SSSR count). The van der Waals surface area contributed by atoms with Crippen molar-refractivity contribution >= 4 is 11.9 Å². The van der Waals surface area contributed by atoms with Crippen molar-refractivity contribution in [2.24, 2.45) is 4.99 Å². The molecule has 0 spiro atoms. The summed E-state index contributed by atoms with van der Waals surface area (Å²) in [6.45, 7) is 4.95. The van der Waals surface area contributed by atoms with Gasteiger partial charge in [0.05, 0.1) is 0 Å². The SMILES string of the molecule is CN=C(NCCc1cccc(C(=O)NC)c1)NC1CCN(CCCOC)CC1. The Bertz CT molecular complexity index is 627. The van der Waals surface area contributed by atoms with E-state index in [2.05, 4.69) is 25.8 Å². The fraction of sp³-hybridized carbons (Fsp3) is 0.619. The maximum atomic E-state index is 11.7. The van der Waals surface area contributed by atoms with E-state index in [0.717, 1.165) is 70.0 Å². The average Bonchev–Trinajstić information content (AvgIpc) is 2.74. The van der Waals surface area contributed by atoms with Crippen molar-refractivity contribution in [3.8, 4) is 0 Å². The molecular weight excluding hydrogens is 354 g/mol. The summed E-state index contributed by atoms with van der Waals surface area (Å²) in [4.78, 5) is 18.6. The number of likely N-dealkylation sites (tertiary alicyclic amines) is 1. The zero-order chi connectivity index (χ0) is 20.2. The molecular formula is C21H35N5O2. The van der Waals surface area contributed by atoms with E-state index in [4.69, 9.17) is 4.74 Å². The van der Waals surface area contributed by atoms with Crippen LogP contribution in [-0.4, -0.2) is 76.8 Å². The number of methoxy groups -OCH3 is 1. The number of rotatable bonds is 9. The van der Waals surface area contributed by atoms with Gasteiger partial charge in [0.1, 0.15) is 0 Å². The summed E-state index contributed by atoms with van der Waals surface area (Å²) in [7, 11) is 5.21. The molecule has 0 bridgehead atoms. The number of guanidine groups is 1. The van der Waals surface area contributed by atoms with Crippen molar-refractivity contribution in [3.05, 3.63) is 35.4 Å². The van der Waals surface area contributed by atoms with Crippen molar-refractivity contribution in [2.45, 2.75) is 31.7 Å². The summed E-state index contributed by atoms with van der Waals surface area (Å²) in [5.41, 5.74) is 1.83. The number of carbonyl (C=O) groups is 1. The van der Waals surface area contributed by atoms with Gasteiger partial charge in [-0.25, -0.2) is 0 Å². The molecule has 0 aliphatic carbocycles. The molecule has 1 amide bonds. The van der Waals surface area contributed by atoms with Gasteiger partial charge in [0.25, 0.3) is 5.91 Å². The second-order valence-corrected chi connectivity index (χ2v) is 7.14. The molecule has 1 aliphatic rings. The number of piperidine rings is 1. The van der Waals surface area contributed by atoms with Crippen LogP contribution in [0.1, 0.15) is 35.2 Å². The molecule has 0 aromatic heterocycles. The van der Waals surface area contributed by atoms with E-state index in [-0.39, 0.29) is 5.91 Å². The van der Waals surface area contributed by atoms with Crippen LogP contribution in [0.4, 0.5) is 0 Å². The van der Waals surface area contributed by atoms with Crippen LogP contribution >= 0.6 is 0 Å². The molecule has 1 saturated heterocycles. The zero-order valence-corrected chi connectivity index (χ0v) is 17.5. The molecule has 1 aliphatic heterocycles. The van der Waals surface area contributed by atoms with Crippen LogP contribution in [0.25, 0.3) is 0 Å². The Balaban J connectivity index is 1.70. The average molecular weight is 390 g/mol. The van der Waals surface area contributed by atoms with Gasteiger partial charge in [0.15, 0.2) is 5.96 Å². The van der Waals surface area contributed by atoms with E-state index < -0.39 is 0 Å². The van der Waals surface area contributed by atoms with Gasteiger partial charge >= 0.3 is 0 Å². The zero-order valence-electron chi connectivity index (χ0n) is 17.5. The minimum atomic E-state index is -0.0548. The van der Waals surface area contributed by atoms with E-state index in [0.29, 0.717) is 11.6 Å². The van der Waals surface area contributed by atoms with E-state index in [1.54, 1.807) is 21.2 Å². The van der Waals surface area contributed by atoms with Crippen LogP contribution < -0.4 is 16.0 Å². The second kappa shape index (κ2) is 12.4. The first-order valence-electron chi connectivity index (χ1n) is 10.2. The van der Waals surface area contributed by atoms with Gasteiger partial charge in [-0.2, -0.15) is 0 Å². The minimum absolute atomic E-state index is 0.0548. The summed E-state index contributed by atoms with van der Waals surface area (Å²) in [6.07, 6.45) is 4.19. The number of ether oxygens (including phenoxy) is 1. The number of amides is 1. The summed E-state index contributed by atoms with van der Waals surface area (Å²) in [5.74, 6) is 0.793. The standard InChI is InChI=1S/C21H35N5O2/c1-22-20(27)18-7-4-6-17(16-18)8-11-24-21(23-2)25-19-9-13-26(14-10-19)12-5-15-28-3/h4,6-7,16,19H,5,8-15H2,1-3H3,(H,22,27)(H2,23,24,25). The predicted octanol–water partition coefficient (Wildman–Crippen LogP) is 1.25. The first kappa shape index (κ1) is 22.2. The van der Waals surface area contributed by atoms with Crippen molar-refractivity contribution in [1.82, 2.24) is 20.9 Å². The summed E-state index contributed by atoms with van der Waals surface area (Å²) in [5, 5.41) is 9.59. The topological polar surface area (TPSA) is 78.0 Å². The molecule has 7 heteroatoms. The van der Waals surface area contributed by atoms with E-state index >= 15 is 0 Å². The number of carbonyl (C=O) groups excluding carboxylic acids is 1. The van der Waals surface area contributed by atoms with E-state index in [9.17, 15) is 4.79 Å². The van der Waals surface area contributed by atoms with Crippen LogP contribution in [0.2, 0.25) is 0 Å². The fourth-order valence-electron chi connectivity index (χ4n) is 3.46. The highest BCUT2D eigenvalue weighted by molar-refractivity contribution is 5.94. The maximum absolute atomic E-state index is 11.7. The molecule has 0 unspecified atom stereocenters. The second-order valence-electron chi connectivity index (χ2n) is 7.14. The van der Waals surface area contributed by atoms with Crippen LogP contribution in [0.3, 0.4) is 0 Å². The predicted molar refractivity (Wildman–Crippen MR) is 114 cm³/mol. The Hall–Kier alpha value is -2.12. The van der Waals surface area contributed by atoms with Gasteiger partial charge < -0.3 is 25.6 Å². The van der Waals surface area contributed by atoms with Crippen molar-refractivity contribution < 1.29 is 9.53 Å². The van der Waals surface area contributed by atoms with Gasteiger partial charge in [-0.1, -0.05) is 12.1 Å². The number of nitrogens with zero attached hydrogens (tertiary/aromatic N) is 2. The highest BCUT2D eigenvalue weighted by atomic mass is 16.5. The Morgan fingerprint density at radius 3 is 2.79 bits per heavy atom. The lowest BCUT2D eigenvalue weighted by Crippen LogP contribution is -2.49. The smallest absolute Gasteiger partial charge is 0.251 e. The Morgan fingerprint density at radius 1 is 1.32 bits per heavy atom.